The number of methoxy groups -OCH3 is 1. The van der Waals surface area contributed by atoms with E-state index in [4.69, 9.17) is 14.2 Å². The Morgan fingerprint density at radius 2 is 1.54 bits per heavy atom. The third-order valence-corrected chi connectivity index (χ3v) is 7.49. The van der Waals surface area contributed by atoms with Crippen LogP contribution in [0.1, 0.15) is 52.8 Å². The van der Waals surface area contributed by atoms with Crippen molar-refractivity contribution in [2.24, 2.45) is 5.92 Å². The van der Waals surface area contributed by atoms with Crippen molar-refractivity contribution >= 4 is 17.7 Å². The fraction of sp³-hybridized carbons (Fsp3) is 0.464. The number of amides is 3. The molecule has 1 atom stereocenters. The lowest BCUT2D eigenvalue weighted by atomic mass is 9.87. The summed E-state index contributed by atoms with van der Waals surface area (Å²) in [4.78, 5) is 43.6. The molecule has 1 N–H and O–H groups in total. The minimum Gasteiger partial charge on any atom is -0.497 e. The van der Waals surface area contributed by atoms with Gasteiger partial charge >= 0.3 is 0 Å². The van der Waals surface area contributed by atoms with Gasteiger partial charge < -0.3 is 29.3 Å². The van der Waals surface area contributed by atoms with Crippen LogP contribution in [-0.2, 0) is 4.79 Å². The van der Waals surface area contributed by atoms with E-state index in [2.05, 4.69) is 5.32 Å². The monoisotopic (exact) mass is 507 g/mol. The first-order chi connectivity index (χ1) is 18.0. The number of hydrogen-bond donors (Lipinski definition) is 1. The molecule has 0 bridgehead atoms. The summed E-state index contributed by atoms with van der Waals surface area (Å²) in [5.41, 5.74) is 1.03. The standard InChI is InChI=1S/C28H33N3O6/c1-35-22-8-5-20(6-9-22)26(32)29-25(28(34)30-13-3-2-4-14-30)19-11-15-31(16-12-19)27(33)21-7-10-23-24(17-21)37-18-36-23/h5-10,17,19,25H,2-4,11-16,18H2,1H3,(H,29,32)/t25-/m0/s1. The second-order valence-electron chi connectivity index (χ2n) is 9.76. The van der Waals surface area contributed by atoms with Crippen molar-refractivity contribution in [1.29, 1.82) is 0 Å². The molecule has 0 spiro atoms. The molecular formula is C28H33N3O6. The Morgan fingerprint density at radius 1 is 0.865 bits per heavy atom. The number of ether oxygens (including phenoxy) is 3. The van der Waals surface area contributed by atoms with Crippen molar-refractivity contribution in [2.75, 3.05) is 40.1 Å². The lowest BCUT2D eigenvalue weighted by molar-refractivity contribution is -0.136. The highest BCUT2D eigenvalue weighted by Crippen LogP contribution is 2.33. The maximum Gasteiger partial charge on any atom is 0.253 e. The summed E-state index contributed by atoms with van der Waals surface area (Å²) in [6, 6.07) is 11.5. The van der Waals surface area contributed by atoms with Gasteiger partial charge in [-0.15, -0.1) is 0 Å². The van der Waals surface area contributed by atoms with Gasteiger partial charge in [0, 0.05) is 37.3 Å². The molecule has 2 aromatic rings. The van der Waals surface area contributed by atoms with Crippen LogP contribution in [0.2, 0.25) is 0 Å². The van der Waals surface area contributed by atoms with E-state index in [1.54, 1.807) is 49.6 Å². The minimum absolute atomic E-state index is 0.0258. The summed E-state index contributed by atoms with van der Waals surface area (Å²) < 4.78 is 15.9. The van der Waals surface area contributed by atoms with Gasteiger partial charge in [0.05, 0.1) is 7.11 Å². The third kappa shape index (κ3) is 5.50. The molecule has 196 valence electrons. The predicted octanol–water partition coefficient (Wildman–Crippen LogP) is 3.09. The van der Waals surface area contributed by atoms with Crippen molar-refractivity contribution in [1.82, 2.24) is 15.1 Å². The van der Waals surface area contributed by atoms with E-state index >= 15 is 0 Å². The number of carbonyl (C=O) groups is 3. The summed E-state index contributed by atoms with van der Waals surface area (Å²) >= 11 is 0. The van der Waals surface area contributed by atoms with Crippen LogP contribution in [0, 0.1) is 5.92 Å². The molecule has 3 amide bonds. The van der Waals surface area contributed by atoms with Crippen LogP contribution in [0.15, 0.2) is 42.5 Å². The van der Waals surface area contributed by atoms with E-state index in [0.29, 0.717) is 54.3 Å². The SMILES string of the molecule is COc1ccc(C(=O)N[C@H](C(=O)N2CCCCC2)C2CCN(C(=O)c3ccc4c(c3)OCO4)CC2)cc1. The fourth-order valence-electron chi connectivity index (χ4n) is 5.31. The number of hydrogen-bond acceptors (Lipinski definition) is 6. The van der Waals surface area contributed by atoms with Gasteiger partial charge in [-0.3, -0.25) is 14.4 Å². The van der Waals surface area contributed by atoms with Crippen LogP contribution >= 0.6 is 0 Å². The number of nitrogens with one attached hydrogen (secondary N) is 1. The molecule has 3 aliphatic heterocycles. The summed E-state index contributed by atoms with van der Waals surface area (Å²) in [5.74, 6) is 1.45. The summed E-state index contributed by atoms with van der Waals surface area (Å²) in [7, 11) is 1.58. The van der Waals surface area contributed by atoms with E-state index in [9.17, 15) is 14.4 Å². The average molecular weight is 508 g/mol. The van der Waals surface area contributed by atoms with Gasteiger partial charge in [0.15, 0.2) is 11.5 Å². The van der Waals surface area contributed by atoms with Crippen LogP contribution in [0.4, 0.5) is 0 Å². The van der Waals surface area contributed by atoms with Gasteiger partial charge in [-0.2, -0.15) is 0 Å². The van der Waals surface area contributed by atoms with Gasteiger partial charge in [-0.1, -0.05) is 0 Å². The van der Waals surface area contributed by atoms with Crippen molar-refractivity contribution in [3.8, 4) is 17.2 Å². The first-order valence-corrected chi connectivity index (χ1v) is 13.0. The molecule has 9 nitrogen and oxygen atoms in total. The summed E-state index contributed by atoms with van der Waals surface area (Å²) in [6.07, 6.45) is 4.33. The maximum atomic E-state index is 13.6. The van der Waals surface area contributed by atoms with Gasteiger partial charge in [-0.25, -0.2) is 0 Å². The number of benzene rings is 2. The molecule has 0 aliphatic carbocycles. The highest BCUT2D eigenvalue weighted by Gasteiger charge is 2.37. The normalized spacial score (nSPS) is 18.3. The molecule has 2 fully saturated rings. The van der Waals surface area contributed by atoms with Crippen LogP contribution in [-0.4, -0.2) is 73.6 Å². The Bertz CT molecular complexity index is 1140. The molecule has 9 heteroatoms. The molecule has 2 aromatic carbocycles. The van der Waals surface area contributed by atoms with E-state index in [1.165, 1.54) is 0 Å². The first-order valence-electron chi connectivity index (χ1n) is 13.0. The van der Waals surface area contributed by atoms with E-state index in [0.717, 1.165) is 32.4 Å². The zero-order chi connectivity index (χ0) is 25.8. The van der Waals surface area contributed by atoms with Gasteiger partial charge in [0.1, 0.15) is 11.8 Å². The molecule has 3 heterocycles. The van der Waals surface area contributed by atoms with Gasteiger partial charge in [0.2, 0.25) is 12.7 Å². The molecule has 5 rings (SSSR count). The largest absolute Gasteiger partial charge is 0.497 e. The molecule has 37 heavy (non-hydrogen) atoms. The number of piperidine rings is 2. The lowest BCUT2D eigenvalue weighted by Crippen LogP contribution is -2.55. The number of nitrogens with zero attached hydrogens (tertiary/aromatic N) is 2. The van der Waals surface area contributed by atoms with Crippen molar-refractivity contribution in [2.45, 2.75) is 38.1 Å². The number of likely N-dealkylation sites (tertiary alicyclic amines) is 2. The maximum absolute atomic E-state index is 13.6. The van der Waals surface area contributed by atoms with Gasteiger partial charge in [-0.05, 0) is 80.5 Å². The Balaban J connectivity index is 1.27. The zero-order valence-electron chi connectivity index (χ0n) is 21.1. The fourth-order valence-corrected chi connectivity index (χ4v) is 5.31. The van der Waals surface area contributed by atoms with E-state index in [1.807, 2.05) is 9.80 Å². The number of carbonyl (C=O) groups excluding carboxylic acids is 3. The third-order valence-electron chi connectivity index (χ3n) is 7.49. The molecular weight excluding hydrogens is 474 g/mol. The number of fused-ring (bicyclic) bond motifs is 1. The molecule has 2 saturated heterocycles. The lowest BCUT2D eigenvalue weighted by Gasteiger charge is -2.38. The van der Waals surface area contributed by atoms with Crippen molar-refractivity contribution in [3.63, 3.8) is 0 Å². The minimum atomic E-state index is -0.629. The molecule has 0 radical (unpaired) electrons. The van der Waals surface area contributed by atoms with E-state index in [-0.39, 0.29) is 30.4 Å². The quantitative estimate of drug-likeness (QED) is 0.646. The van der Waals surface area contributed by atoms with Crippen LogP contribution in [0.25, 0.3) is 0 Å². The molecule has 3 aliphatic rings. The Labute approximate surface area is 216 Å². The zero-order valence-corrected chi connectivity index (χ0v) is 21.1. The highest BCUT2D eigenvalue weighted by molar-refractivity contribution is 5.98. The van der Waals surface area contributed by atoms with Crippen LogP contribution in [0.5, 0.6) is 17.2 Å². The summed E-state index contributed by atoms with van der Waals surface area (Å²) in [5, 5.41) is 3.04. The summed E-state index contributed by atoms with van der Waals surface area (Å²) in [6.45, 7) is 2.62. The Morgan fingerprint density at radius 3 is 2.24 bits per heavy atom. The first kappa shape index (κ1) is 24.9. The molecule has 0 saturated carbocycles. The van der Waals surface area contributed by atoms with Crippen molar-refractivity contribution in [3.05, 3.63) is 53.6 Å². The second-order valence-corrected chi connectivity index (χ2v) is 9.76. The highest BCUT2D eigenvalue weighted by atomic mass is 16.7. The van der Waals surface area contributed by atoms with E-state index < -0.39 is 6.04 Å². The molecule has 0 unspecified atom stereocenters. The smallest absolute Gasteiger partial charge is 0.253 e. The van der Waals surface area contributed by atoms with Crippen LogP contribution < -0.4 is 19.5 Å². The second kappa shape index (κ2) is 11.1. The topological polar surface area (TPSA) is 97.4 Å². The Hall–Kier alpha value is -3.75. The average Bonchev–Trinajstić information content (AvgIpc) is 3.44. The molecule has 0 aromatic heterocycles. The van der Waals surface area contributed by atoms with Crippen molar-refractivity contribution < 1.29 is 28.6 Å². The predicted molar refractivity (Wildman–Crippen MR) is 136 cm³/mol. The van der Waals surface area contributed by atoms with Crippen LogP contribution in [0.3, 0.4) is 0 Å². The van der Waals surface area contributed by atoms with Gasteiger partial charge in [0.25, 0.3) is 11.8 Å². The Kier molecular flexibility index (Phi) is 7.48. The number of rotatable bonds is 6.